The van der Waals surface area contributed by atoms with Crippen molar-refractivity contribution in [1.29, 1.82) is 0 Å². The Morgan fingerprint density at radius 2 is 1.76 bits per heavy atom. The van der Waals surface area contributed by atoms with Gasteiger partial charge in [-0.1, -0.05) is 25.7 Å². The van der Waals surface area contributed by atoms with Gasteiger partial charge in [-0.25, -0.2) is 0 Å². The van der Waals surface area contributed by atoms with Crippen LogP contribution in [0.1, 0.15) is 77.0 Å². The van der Waals surface area contributed by atoms with E-state index in [1.165, 1.54) is 51.5 Å². The third-order valence-corrected chi connectivity index (χ3v) is 6.19. The molecule has 1 unspecified atom stereocenters. The fraction of sp³-hybridized carbons (Fsp3) is 0.900. The van der Waals surface area contributed by atoms with Gasteiger partial charge in [0.15, 0.2) is 0 Å². The molecular weight excluding hydrogens is 314 g/mol. The number of carbonyl (C=O) groups excluding carboxylic acids is 2. The minimum atomic E-state index is 0.117. The van der Waals surface area contributed by atoms with Gasteiger partial charge in [0.1, 0.15) is 0 Å². The largest absolute Gasteiger partial charge is 0.352 e. The number of amides is 2. The first-order chi connectivity index (χ1) is 12.2. The summed E-state index contributed by atoms with van der Waals surface area (Å²) in [5, 5.41) is 3.24. The smallest absolute Gasteiger partial charge is 0.222 e. The normalized spacial score (nSPS) is 27.1. The average molecular weight is 350 g/mol. The zero-order valence-corrected chi connectivity index (χ0v) is 15.7. The molecule has 1 N–H and O–H groups in total. The van der Waals surface area contributed by atoms with E-state index in [4.69, 9.17) is 0 Å². The predicted octanol–water partition coefficient (Wildman–Crippen LogP) is 2.69. The Bertz CT molecular complexity index is 446. The van der Waals surface area contributed by atoms with Gasteiger partial charge in [-0.2, -0.15) is 0 Å². The molecule has 0 aromatic carbocycles. The summed E-state index contributed by atoms with van der Waals surface area (Å²) in [4.78, 5) is 28.7. The summed E-state index contributed by atoms with van der Waals surface area (Å²) in [6, 6.07) is 1.02. The van der Waals surface area contributed by atoms with Crippen LogP contribution in [0.15, 0.2) is 0 Å². The number of carbonyl (C=O) groups is 2. The van der Waals surface area contributed by atoms with Crippen LogP contribution in [0.25, 0.3) is 0 Å². The molecule has 3 rings (SSSR count). The first-order valence-corrected chi connectivity index (χ1v) is 10.5. The summed E-state index contributed by atoms with van der Waals surface area (Å²) in [5.41, 5.74) is 0. The van der Waals surface area contributed by atoms with Crippen LogP contribution in [0.4, 0.5) is 0 Å². The molecule has 5 nitrogen and oxygen atoms in total. The maximum atomic E-state index is 12.3. The fourth-order valence-corrected chi connectivity index (χ4v) is 4.71. The first kappa shape index (κ1) is 18.7. The van der Waals surface area contributed by atoms with Gasteiger partial charge in [0.2, 0.25) is 11.8 Å². The molecule has 5 heteroatoms. The lowest BCUT2D eigenvalue weighted by molar-refractivity contribution is -0.133. The van der Waals surface area contributed by atoms with E-state index in [1.54, 1.807) is 0 Å². The van der Waals surface area contributed by atoms with Crippen LogP contribution >= 0.6 is 0 Å². The van der Waals surface area contributed by atoms with E-state index in [9.17, 15) is 9.59 Å². The van der Waals surface area contributed by atoms with Crippen molar-refractivity contribution in [3.63, 3.8) is 0 Å². The number of hydrogen-bond acceptors (Lipinski definition) is 3. The Kier molecular flexibility index (Phi) is 7.14. The maximum Gasteiger partial charge on any atom is 0.222 e. The Hall–Kier alpha value is -1.10. The minimum Gasteiger partial charge on any atom is -0.352 e. The highest BCUT2D eigenvalue weighted by molar-refractivity contribution is 5.79. The van der Waals surface area contributed by atoms with Crippen molar-refractivity contribution in [3.05, 3.63) is 0 Å². The number of nitrogens with zero attached hydrogens (tertiary/aromatic N) is 2. The predicted molar refractivity (Wildman–Crippen MR) is 99.3 cm³/mol. The van der Waals surface area contributed by atoms with Crippen LogP contribution in [0.3, 0.4) is 0 Å². The lowest BCUT2D eigenvalue weighted by atomic mass is 10.00. The Labute approximate surface area is 152 Å². The summed E-state index contributed by atoms with van der Waals surface area (Å²) >= 11 is 0. The molecule has 0 spiro atoms. The second kappa shape index (κ2) is 9.56. The molecule has 1 atom stereocenters. The molecule has 0 bridgehead atoms. The van der Waals surface area contributed by atoms with Crippen LogP contribution in [0.2, 0.25) is 0 Å². The summed E-state index contributed by atoms with van der Waals surface area (Å²) in [7, 11) is 0. The molecule has 25 heavy (non-hydrogen) atoms. The molecule has 1 aliphatic carbocycles. The third-order valence-electron chi connectivity index (χ3n) is 6.19. The zero-order chi connectivity index (χ0) is 17.5. The first-order valence-electron chi connectivity index (χ1n) is 10.5. The molecule has 1 saturated carbocycles. The van der Waals surface area contributed by atoms with E-state index in [0.717, 1.165) is 38.4 Å². The minimum absolute atomic E-state index is 0.117. The Morgan fingerprint density at radius 1 is 0.960 bits per heavy atom. The average Bonchev–Trinajstić information content (AvgIpc) is 2.91. The van der Waals surface area contributed by atoms with Gasteiger partial charge in [-0.3, -0.25) is 14.5 Å². The van der Waals surface area contributed by atoms with E-state index >= 15 is 0 Å². The van der Waals surface area contributed by atoms with Gasteiger partial charge in [-0.05, 0) is 45.1 Å². The molecule has 0 aromatic rings. The van der Waals surface area contributed by atoms with Crippen molar-refractivity contribution in [2.75, 3.05) is 26.2 Å². The van der Waals surface area contributed by atoms with Gasteiger partial charge in [-0.15, -0.1) is 0 Å². The number of hydrogen-bond donors (Lipinski definition) is 1. The van der Waals surface area contributed by atoms with Crippen molar-refractivity contribution in [2.45, 2.75) is 89.1 Å². The molecule has 2 saturated heterocycles. The Morgan fingerprint density at radius 3 is 2.52 bits per heavy atom. The van der Waals surface area contributed by atoms with Gasteiger partial charge in [0.25, 0.3) is 0 Å². The van der Waals surface area contributed by atoms with Crippen molar-refractivity contribution in [1.82, 2.24) is 15.1 Å². The Balaban J connectivity index is 1.40. The van der Waals surface area contributed by atoms with Crippen LogP contribution < -0.4 is 5.32 Å². The van der Waals surface area contributed by atoms with E-state index in [2.05, 4.69) is 10.2 Å². The summed E-state index contributed by atoms with van der Waals surface area (Å²) in [6.45, 7) is 3.62. The number of rotatable bonds is 5. The molecule has 3 aliphatic rings. The molecule has 0 aromatic heterocycles. The lowest BCUT2D eigenvalue weighted by Crippen LogP contribution is -2.51. The number of nitrogens with one attached hydrogen (secondary N) is 1. The third kappa shape index (κ3) is 5.70. The summed E-state index contributed by atoms with van der Waals surface area (Å²) < 4.78 is 0. The number of likely N-dealkylation sites (tertiary alicyclic amines) is 2. The van der Waals surface area contributed by atoms with Crippen LogP contribution in [-0.4, -0.2) is 59.9 Å². The zero-order valence-electron chi connectivity index (χ0n) is 15.7. The van der Waals surface area contributed by atoms with Crippen molar-refractivity contribution in [3.8, 4) is 0 Å². The van der Waals surface area contributed by atoms with Gasteiger partial charge >= 0.3 is 0 Å². The molecule has 0 radical (unpaired) electrons. The fourth-order valence-electron chi connectivity index (χ4n) is 4.71. The topological polar surface area (TPSA) is 52.7 Å². The van der Waals surface area contributed by atoms with Crippen LogP contribution in [0.5, 0.6) is 0 Å². The second-order valence-corrected chi connectivity index (χ2v) is 8.13. The van der Waals surface area contributed by atoms with Crippen LogP contribution in [-0.2, 0) is 9.59 Å². The highest BCUT2D eigenvalue weighted by Crippen LogP contribution is 2.24. The van der Waals surface area contributed by atoms with Gasteiger partial charge < -0.3 is 10.2 Å². The quantitative estimate of drug-likeness (QED) is 0.777. The molecule has 2 heterocycles. The standard InChI is InChI=1S/C20H35N3O2/c24-19(12-15-22-13-6-5-11-20(22)25)21-17-8-7-14-23(16-17)18-9-3-1-2-4-10-18/h17-18H,1-16H2,(H,21,24). The SMILES string of the molecule is O=C(CCN1CCCCC1=O)NC1CCCN(C2CCCCCC2)C1. The molecular formula is C20H35N3O2. The molecule has 2 aliphatic heterocycles. The van der Waals surface area contributed by atoms with Crippen molar-refractivity contribution in [2.24, 2.45) is 0 Å². The lowest BCUT2D eigenvalue weighted by Gasteiger charge is -2.38. The highest BCUT2D eigenvalue weighted by atomic mass is 16.2. The van der Waals surface area contributed by atoms with Crippen molar-refractivity contribution >= 4 is 11.8 Å². The highest BCUT2D eigenvalue weighted by Gasteiger charge is 2.27. The molecule has 2 amide bonds. The van der Waals surface area contributed by atoms with E-state index in [1.807, 2.05) is 4.90 Å². The maximum absolute atomic E-state index is 12.3. The van der Waals surface area contributed by atoms with Crippen LogP contribution in [0, 0.1) is 0 Å². The summed E-state index contributed by atoms with van der Waals surface area (Å²) in [5.74, 6) is 0.336. The molecule has 3 fully saturated rings. The van der Waals surface area contributed by atoms with Gasteiger partial charge in [0, 0.05) is 44.6 Å². The van der Waals surface area contributed by atoms with Crippen molar-refractivity contribution < 1.29 is 9.59 Å². The summed E-state index contributed by atoms with van der Waals surface area (Å²) in [6.07, 6.45) is 13.6. The molecule has 142 valence electrons. The number of piperidine rings is 2. The van der Waals surface area contributed by atoms with E-state index in [0.29, 0.717) is 25.4 Å². The van der Waals surface area contributed by atoms with E-state index < -0.39 is 0 Å². The van der Waals surface area contributed by atoms with E-state index in [-0.39, 0.29) is 11.8 Å². The second-order valence-electron chi connectivity index (χ2n) is 8.13. The van der Waals surface area contributed by atoms with Gasteiger partial charge in [0.05, 0.1) is 0 Å². The monoisotopic (exact) mass is 349 g/mol.